The molecule has 7 heteroatoms. The van der Waals surface area contributed by atoms with E-state index >= 15 is 0 Å². The van der Waals surface area contributed by atoms with E-state index in [1.807, 2.05) is 0 Å². The lowest BCUT2D eigenvalue weighted by Gasteiger charge is -2.15. The highest BCUT2D eigenvalue weighted by molar-refractivity contribution is 5.85. The number of aryl methyl sites for hydroxylation is 1. The SMILES string of the molecule is Cl.NCC(NC(=O)CCn1ccnn1)C1CC1. The molecule has 0 saturated heterocycles. The molecule has 1 heterocycles. The summed E-state index contributed by atoms with van der Waals surface area (Å²) in [4.78, 5) is 11.6. The van der Waals surface area contributed by atoms with Gasteiger partial charge in [0, 0.05) is 25.2 Å². The van der Waals surface area contributed by atoms with Crippen LogP contribution in [0.3, 0.4) is 0 Å². The van der Waals surface area contributed by atoms with Crippen molar-refractivity contribution in [1.29, 1.82) is 0 Å². The zero-order valence-corrected chi connectivity index (χ0v) is 10.4. The van der Waals surface area contributed by atoms with Crippen LogP contribution in [0.5, 0.6) is 0 Å². The van der Waals surface area contributed by atoms with E-state index in [0.29, 0.717) is 25.4 Å². The van der Waals surface area contributed by atoms with Gasteiger partial charge in [-0.15, -0.1) is 17.5 Å². The highest BCUT2D eigenvalue weighted by Gasteiger charge is 2.30. The molecule has 6 nitrogen and oxygen atoms in total. The molecule has 1 atom stereocenters. The Morgan fingerprint density at radius 3 is 2.88 bits per heavy atom. The van der Waals surface area contributed by atoms with Crippen LogP contribution in [0.1, 0.15) is 19.3 Å². The lowest BCUT2D eigenvalue weighted by molar-refractivity contribution is -0.122. The Balaban J connectivity index is 0.00000144. The number of hydrogen-bond acceptors (Lipinski definition) is 4. The fourth-order valence-corrected chi connectivity index (χ4v) is 1.71. The van der Waals surface area contributed by atoms with Crippen LogP contribution in [-0.2, 0) is 11.3 Å². The number of carbonyl (C=O) groups is 1. The van der Waals surface area contributed by atoms with E-state index in [1.54, 1.807) is 17.1 Å². The predicted octanol–water partition coefficient (Wildman–Crippen LogP) is -0.0565. The molecule has 1 aliphatic carbocycles. The molecule has 1 aromatic rings. The first kappa shape index (κ1) is 13.9. The third-order valence-corrected chi connectivity index (χ3v) is 2.83. The Labute approximate surface area is 106 Å². The summed E-state index contributed by atoms with van der Waals surface area (Å²) in [5.74, 6) is 0.637. The van der Waals surface area contributed by atoms with Crippen molar-refractivity contribution in [3.8, 4) is 0 Å². The standard InChI is InChI=1S/C10H17N5O.ClH/c11-7-9(8-1-2-8)13-10(16)3-5-15-6-4-12-14-15;/h4,6,8-9H,1-3,5,7,11H2,(H,13,16);1H. The van der Waals surface area contributed by atoms with Crippen LogP contribution < -0.4 is 11.1 Å². The van der Waals surface area contributed by atoms with E-state index < -0.39 is 0 Å². The number of rotatable bonds is 6. The van der Waals surface area contributed by atoms with Crippen LogP contribution in [0.4, 0.5) is 0 Å². The summed E-state index contributed by atoms with van der Waals surface area (Å²) in [6.07, 6.45) is 6.14. The Morgan fingerprint density at radius 2 is 2.35 bits per heavy atom. The second kappa shape index (κ2) is 6.56. The minimum absolute atomic E-state index is 0. The minimum atomic E-state index is 0. The molecule has 1 aliphatic rings. The van der Waals surface area contributed by atoms with Gasteiger partial charge in [-0.3, -0.25) is 9.48 Å². The van der Waals surface area contributed by atoms with Gasteiger partial charge in [0.05, 0.1) is 12.7 Å². The van der Waals surface area contributed by atoms with E-state index in [2.05, 4.69) is 15.6 Å². The zero-order valence-electron chi connectivity index (χ0n) is 9.58. The summed E-state index contributed by atoms with van der Waals surface area (Å²) in [7, 11) is 0. The van der Waals surface area contributed by atoms with Crippen molar-refractivity contribution >= 4 is 18.3 Å². The summed E-state index contributed by atoms with van der Waals surface area (Å²) in [5, 5.41) is 10.4. The van der Waals surface area contributed by atoms with E-state index in [-0.39, 0.29) is 24.4 Å². The van der Waals surface area contributed by atoms with E-state index in [4.69, 9.17) is 5.73 Å². The van der Waals surface area contributed by atoms with Gasteiger partial charge >= 0.3 is 0 Å². The molecule has 1 saturated carbocycles. The zero-order chi connectivity index (χ0) is 11.4. The van der Waals surface area contributed by atoms with E-state index in [1.165, 1.54) is 12.8 Å². The van der Waals surface area contributed by atoms with Crippen molar-refractivity contribution in [2.75, 3.05) is 6.54 Å². The number of nitrogens with two attached hydrogens (primary N) is 1. The first-order valence-corrected chi connectivity index (χ1v) is 5.63. The van der Waals surface area contributed by atoms with Gasteiger partial charge in [0.15, 0.2) is 0 Å². The molecule has 0 radical (unpaired) electrons. The van der Waals surface area contributed by atoms with Gasteiger partial charge in [-0.25, -0.2) is 0 Å². The molecule has 2 rings (SSSR count). The number of nitrogens with one attached hydrogen (secondary N) is 1. The predicted molar refractivity (Wildman–Crippen MR) is 65.6 cm³/mol. The van der Waals surface area contributed by atoms with Gasteiger partial charge in [-0.1, -0.05) is 5.21 Å². The Kier molecular flexibility index (Phi) is 5.37. The van der Waals surface area contributed by atoms with Gasteiger partial charge < -0.3 is 11.1 Å². The molecule has 3 N–H and O–H groups in total. The highest BCUT2D eigenvalue weighted by Crippen LogP contribution is 2.32. The van der Waals surface area contributed by atoms with Gasteiger partial charge in [-0.2, -0.15) is 0 Å². The molecule has 1 fully saturated rings. The maximum Gasteiger partial charge on any atom is 0.222 e. The van der Waals surface area contributed by atoms with Crippen LogP contribution >= 0.6 is 12.4 Å². The first-order chi connectivity index (χ1) is 7.79. The molecule has 1 unspecified atom stereocenters. The van der Waals surface area contributed by atoms with Crippen molar-refractivity contribution in [2.45, 2.75) is 31.8 Å². The lowest BCUT2D eigenvalue weighted by atomic mass is 10.2. The molecular formula is C10H18ClN5O. The highest BCUT2D eigenvalue weighted by atomic mass is 35.5. The minimum Gasteiger partial charge on any atom is -0.352 e. The van der Waals surface area contributed by atoms with Gasteiger partial charge in [0.25, 0.3) is 0 Å². The number of aromatic nitrogens is 3. The fraction of sp³-hybridized carbons (Fsp3) is 0.700. The number of hydrogen-bond donors (Lipinski definition) is 2. The Bertz CT molecular complexity index is 338. The van der Waals surface area contributed by atoms with Gasteiger partial charge in [0.2, 0.25) is 5.91 Å². The van der Waals surface area contributed by atoms with Crippen molar-refractivity contribution in [2.24, 2.45) is 11.7 Å². The third kappa shape index (κ3) is 4.32. The molecule has 17 heavy (non-hydrogen) atoms. The molecule has 96 valence electrons. The topological polar surface area (TPSA) is 85.8 Å². The van der Waals surface area contributed by atoms with E-state index in [0.717, 1.165) is 0 Å². The smallest absolute Gasteiger partial charge is 0.222 e. The van der Waals surface area contributed by atoms with Crippen molar-refractivity contribution in [1.82, 2.24) is 20.3 Å². The molecule has 0 aromatic carbocycles. The van der Waals surface area contributed by atoms with Gasteiger partial charge in [0.1, 0.15) is 0 Å². The van der Waals surface area contributed by atoms with Crippen LogP contribution in [0, 0.1) is 5.92 Å². The average molecular weight is 260 g/mol. The number of amides is 1. The molecular weight excluding hydrogens is 242 g/mol. The maximum absolute atomic E-state index is 11.6. The van der Waals surface area contributed by atoms with Crippen molar-refractivity contribution in [3.05, 3.63) is 12.4 Å². The Morgan fingerprint density at radius 1 is 1.59 bits per heavy atom. The molecule has 1 aromatic heterocycles. The fourth-order valence-electron chi connectivity index (χ4n) is 1.71. The van der Waals surface area contributed by atoms with Crippen LogP contribution in [0.15, 0.2) is 12.4 Å². The van der Waals surface area contributed by atoms with Gasteiger partial charge in [-0.05, 0) is 18.8 Å². The molecule has 0 aliphatic heterocycles. The van der Waals surface area contributed by atoms with Crippen LogP contribution in [0.2, 0.25) is 0 Å². The second-order valence-electron chi connectivity index (χ2n) is 4.16. The molecule has 1 amide bonds. The largest absolute Gasteiger partial charge is 0.352 e. The monoisotopic (exact) mass is 259 g/mol. The quantitative estimate of drug-likeness (QED) is 0.750. The summed E-state index contributed by atoms with van der Waals surface area (Å²) in [6, 6.07) is 0.156. The number of nitrogens with zero attached hydrogens (tertiary/aromatic N) is 3. The maximum atomic E-state index is 11.6. The molecule has 0 spiro atoms. The molecule has 0 bridgehead atoms. The third-order valence-electron chi connectivity index (χ3n) is 2.83. The summed E-state index contributed by atoms with van der Waals surface area (Å²) in [6.45, 7) is 1.09. The van der Waals surface area contributed by atoms with Crippen LogP contribution in [0.25, 0.3) is 0 Å². The average Bonchev–Trinajstić information content (AvgIpc) is 3.00. The normalized spacial score (nSPS) is 16.1. The number of halogens is 1. The van der Waals surface area contributed by atoms with Crippen molar-refractivity contribution < 1.29 is 4.79 Å². The van der Waals surface area contributed by atoms with Crippen LogP contribution in [-0.4, -0.2) is 33.5 Å². The van der Waals surface area contributed by atoms with Crippen molar-refractivity contribution in [3.63, 3.8) is 0 Å². The first-order valence-electron chi connectivity index (χ1n) is 5.63. The summed E-state index contributed by atoms with van der Waals surface area (Å²) in [5.41, 5.74) is 5.61. The lowest BCUT2D eigenvalue weighted by Crippen LogP contribution is -2.42. The summed E-state index contributed by atoms with van der Waals surface area (Å²) >= 11 is 0. The second-order valence-corrected chi connectivity index (χ2v) is 4.16. The number of carbonyl (C=O) groups excluding carboxylic acids is 1. The van der Waals surface area contributed by atoms with E-state index in [9.17, 15) is 4.79 Å². The Hall–Kier alpha value is -1.14. The summed E-state index contributed by atoms with van der Waals surface area (Å²) < 4.78 is 1.65.